The van der Waals surface area contributed by atoms with Crippen LogP contribution in [0.15, 0.2) is 5.38 Å². The average Bonchev–Trinajstić information content (AvgIpc) is 2.69. The summed E-state index contributed by atoms with van der Waals surface area (Å²) in [4.78, 5) is 15.7. The van der Waals surface area contributed by atoms with Gasteiger partial charge in [-0.05, 0) is 13.8 Å². The summed E-state index contributed by atoms with van der Waals surface area (Å²) >= 11 is 1.10. The van der Waals surface area contributed by atoms with Gasteiger partial charge in [-0.3, -0.25) is 4.79 Å². The number of carboxylic acids is 1. The first-order chi connectivity index (χ1) is 8.69. The summed E-state index contributed by atoms with van der Waals surface area (Å²) in [5.41, 5.74) is 0.509. The van der Waals surface area contributed by atoms with E-state index < -0.39 is 18.7 Å². The lowest BCUT2D eigenvalue weighted by Gasteiger charge is -2.27. The van der Waals surface area contributed by atoms with Crippen molar-refractivity contribution in [1.29, 1.82) is 0 Å². The number of hydrogen-bond donors (Lipinski definition) is 1. The zero-order valence-corrected chi connectivity index (χ0v) is 11.4. The van der Waals surface area contributed by atoms with Gasteiger partial charge in [0.05, 0.1) is 12.1 Å². The number of nitrogens with zero attached hydrogens (tertiary/aromatic N) is 2. The molecule has 8 heteroatoms. The first kappa shape index (κ1) is 15.7. The zero-order valence-electron chi connectivity index (χ0n) is 10.6. The summed E-state index contributed by atoms with van der Waals surface area (Å²) in [5, 5.41) is 10.4. The molecule has 0 aliphatic rings. The molecule has 0 amide bonds. The predicted octanol–water partition coefficient (Wildman–Crippen LogP) is 2.94. The van der Waals surface area contributed by atoms with Gasteiger partial charge in [0.2, 0.25) is 0 Å². The number of aliphatic carboxylic acids is 1. The molecule has 0 fully saturated rings. The smallest absolute Gasteiger partial charge is 0.406 e. The standard InChI is InChI=1S/C11H15F3N2O2S/c1-7(2)16(6-11(12,13)14)10-15-8(5-19-10)3-4-9(17)18/h5,7H,3-4,6H2,1-2H3,(H,17,18). The largest absolute Gasteiger partial charge is 0.481 e. The van der Waals surface area contributed by atoms with Crippen molar-refractivity contribution < 1.29 is 23.1 Å². The van der Waals surface area contributed by atoms with Gasteiger partial charge < -0.3 is 10.0 Å². The van der Waals surface area contributed by atoms with E-state index in [1.165, 1.54) is 0 Å². The van der Waals surface area contributed by atoms with Crippen LogP contribution in [0.2, 0.25) is 0 Å². The van der Waals surface area contributed by atoms with Gasteiger partial charge in [-0.25, -0.2) is 4.98 Å². The summed E-state index contributed by atoms with van der Waals surface area (Å²) in [5.74, 6) is -0.953. The molecule has 0 aliphatic heterocycles. The van der Waals surface area contributed by atoms with E-state index >= 15 is 0 Å². The highest BCUT2D eigenvalue weighted by atomic mass is 32.1. The van der Waals surface area contributed by atoms with Gasteiger partial charge in [0.25, 0.3) is 0 Å². The molecule has 0 unspecified atom stereocenters. The Morgan fingerprint density at radius 2 is 2.16 bits per heavy atom. The fraction of sp³-hybridized carbons (Fsp3) is 0.636. The Hall–Kier alpha value is -1.31. The molecule has 0 spiro atoms. The molecule has 0 radical (unpaired) electrons. The highest BCUT2D eigenvalue weighted by Crippen LogP contribution is 2.27. The molecular formula is C11H15F3N2O2S. The topological polar surface area (TPSA) is 53.4 Å². The van der Waals surface area contributed by atoms with E-state index in [9.17, 15) is 18.0 Å². The molecule has 0 aromatic carbocycles. The molecule has 1 aromatic rings. The van der Waals surface area contributed by atoms with Crippen LogP contribution in [-0.4, -0.2) is 34.8 Å². The molecule has 0 saturated heterocycles. The maximum atomic E-state index is 12.5. The average molecular weight is 296 g/mol. The van der Waals surface area contributed by atoms with Crippen LogP contribution < -0.4 is 4.90 Å². The molecular weight excluding hydrogens is 281 g/mol. The molecule has 0 bridgehead atoms. The summed E-state index contributed by atoms with van der Waals surface area (Å²) in [7, 11) is 0. The second kappa shape index (κ2) is 6.23. The highest BCUT2D eigenvalue weighted by Gasteiger charge is 2.33. The minimum absolute atomic E-state index is 0.0792. The number of thiazole rings is 1. The maximum absolute atomic E-state index is 12.5. The third-order valence-electron chi connectivity index (χ3n) is 2.35. The van der Waals surface area contributed by atoms with Crippen molar-refractivity contribution in [2.45, 2.75) is 38.9 Å². The fourth-order valence-corrected chi connectivity index (χ4v) is 2.43. The van der Waals surface area contributed by atoms with Crippen LogP contribution in [0, 0.1) is 0 Å². The minimum Gasteiger partial charge on any atom is -0.481 e. The first-order valence-corrected chi connectivity index (χ1v) is 6.56. The quantitative estimate of drug-likeness (QED) is 0.877. The Morgan fingerprint density at radius 1 is 1.53 bits per heavy atom. The van der Waals surface area contributed by atoms with Crippen LogP contribution in [-0.2, 0) is 11.2 Å². The molecule has 1 N–H and O–H groups in total. The summed E-state index contributed by atoms with van der Waals surface area (Å²) in [6, 6.07) is -0.333. The summed E-state index contributed by atoms with van der Waals surface area (Å²) in [6.07, 6.45) is -4.15. The number of anilines is 1. The second-order valence-electron chi connectivity index (χ2n) is 4.35. The van der Waals surface area contributed by atoms with Gasteiger partial charge in [-0.1, -0.05) is 0 Å². The minimum atomic E-state index is -4.29. The van der Waals surface area contributed by atoms with Gasteiger partial charge in [-0.2, -0.15) is 13.2 Å². The number of alkyl halides is 3. The van der Waals surface area contributed by atoms with E-state index in [0.29, 0.717) is 5.69 Å². The number of halogens is 3. The number of aromatic nitrogens is 1. The first-order valence-electron chi connectivity index (χ1n) is 5.68. The van der Waals surface area contributed by atoms with Gasteiger partial charge >= 0.3 is 12.1 Å². The van der Waals surface area contributed by atoms with Gasteiger partial charge in [0, 0.05) is 17.8 Å². The molecule has 0 saturated carbocycles. The van der Waals surface area contributed by atoms with Crippen molar-refractivity contribution in [3.05, 3.63) is 11.1 Å². The Labute approximate surface area is 112 Å². The third-order valence-corrected chi connectivity index (χ3v) is 3.28. The van der Waals surface area contributed by atoms with Gasteiger partial charge in [0.15, 0.2) is 5.13 Å². The van der Waals surface area contributed by atoms with Gasteiger partial charge in [-0.15, -0.1) is 11.3 Å². The third kappa shape index (κ3) is 5.46. The van der Waals surface area contributed by atoms with Crippen molar-refractivity contribution >= 4 is 22.4 Å². The molecule has 1 heterocycles. The van der Waals surface area contributed by atoms with E-state index in [-0.39, 0.29) is 24.0 Å². The van der Waals surface area contributed by atoms with Crippen LogP contribution in [0.5, 0.6) is 0 Å². The zero-order chi connectivity index (χ0) is 14.6. The Morgan fingerprint density at radius 3 is 2.63 bits per heavy atom. The number of rotatable bonds is 6. The lowest BCUT2D eigenvalue weighted by Crippen LogP contribution is -2.39. The van der Waals surface area contributed by atoms with E-state index in [2.05, 4.69) is 4.98 Å². The number of carbonyl (C=O) groups is 1. The number of aryl methyl sites for hydroxylation is 1. The summed E-state index contributed by atoms with van der Waals surface area (Å²) in [6.45, 7) is 2.25. The van der Waals surface area contributed by atoms with E-state index in [4.69, 9.17) is 5.11 Å². The monoisotopic (exact) mass is 296 g/mol. The van der Waals surface area contributed by atoms with Crippen LogP contribution >= 0.6 is 11.3 Å². The van der Waals surface area contributed by atoms with Gasteiger partial charge in [0.1, 0.15) is 6.54 Å². The molecule has 19 heavy (non-hydrogen) atoms. The van der Waals surface area contributed by atoms with Crippen LogP contribution in [0.3, 0.4) is 0 Å². The van der Waals surface area contributed by atoms with E-state index in [1.54, 1.807) is 19.2 Å². The fourth-order valence-electron chi connectivity index (χ4n) is 1.44. The summed E-state index contributed by atoms with van der Waals surface area (Å²) < 4.78 is 37.4. The normalized spacial score (nSPS) is 11.9. The highest BCUT2D eigenvalue weighted by molar-refractivity contribution is 7.13. The van der Waals surface area contributed by atoms with E-state index in [0.717, 1.165) is 16.2 Å². The molecule has 0 aliphatic carbocycles. The lowest BCUT2D eigenvalue weighted by molar-refractivity contribution is -0.137. The molecule has 1 rings (SSSR count). The van der Waals surface area contributed by atoms with Crippen molar-refractivity contribution in [2.24, 2.45) is 0 Å². The Balaban J connectivity index is 2.78. The SMILES string of the molecule is CC(C)N(CC(F)(F)F)c1nc(CCC(=O)O)cs1. The molecule has 4 nitrogen and oxygen atoms in total. The molecule has 108 valence electrons. The van der Waals surface area contributed by atoms with Crippen LogP contribution in [0.25, 0.3) is 0 Å². The lowest BCUT2D eigenvalue weighted by atomic mass is 10.2. The predicted molar refractivity (Wildman–Crippen MR) is 66.6 cm³/mol. The molecule has 0 atom stereocenters. The maximum Gasteiger partial charge on any atom is 0.406 e. The number of carboxylic acid groups (broad SMARTS) is 1. The Bertz CT molecular complexity index is 432. The van der Waals surface area contributed by atoms with Crippen molar-refractivity contribution in [2.75, 3.05) is 11.4 Å². The van der Waals surface area contributed by atoms with Crippen LogP contribution in [0.4, 0.5) is 18.3 Å². The van der Waals surface area contributed by atoms with Crippen molar-refractivity contribution in [3.63, 3.8) is 0 Å². The van der Waals surface area contributed by atoms with Crippen LogP contribution in [0.1, 0.15) is 26.0 Å². The second-order valence-corrected chi connectivity index (χ2v) is 5.19. The van der Waals surface area contributed by atoms with E-state index in [1.807, 2.05) is 0 Å². The van der Waals surface area contributed by atoms with Crippen molar-refractivity contribution in [1.82, 2.24) is 4.98 Å². The molecule has 1 aromatic heterocycles. The van der Waals surface area contributed by atoms with Crippen molar-refractivity contribution in [3.8, 4) is 0 Å². The Kier molecular flexibility index (Phi) is 5.16. The number of hydrogen-bond acceptors (Lipinski definition) is 4.